The summed E-state index contributed by atoms with van der Waals surface area (Å²) in [6, 6.07) is 0.678. The summed E-state index contributed by atoms with van der Waals surface area (Å²) in [6.45, 7) is 6.70. The Morgan fingerprint density at radius 3 is 3.00 bits per heavy atom. The fourth-order valence-electron chi connectivity index (χ4n) is 2.21. The second-order valence-corrected chi connectivity index (χ2v) is 4.97. The predicted molar refractivity (Wildman–Crippen MR) is 72.1 cm³/mol. The Labute approximate surface area is 110 Å². The van der Waals surface area contributed by atoms with Gasteiger partial charge in [-0.15, -0.1) is 0 Å². The third kappa shape index (κ3) is 5.52. The molecule has 1 unspecified atom stereocenters. The van der Waals surface area contributed by atoms with Crippen molar-refractivity contribution >= 4 is 5.91 Å². The van der Waals surface area contributed by atoms with Crippen LogP contribution in [-0.4, -0.2) is 49.7 Å². The van der Waals surface area contributed by atoms with E-state index in [4.69, 9.17) is 4.74 Å². The maximum atomic E-state index is 11.3. The predicted octanol–water partition coefficient (Wildman–Crippen LogP) is 1.02. The average molecular weight is 252 g/mol. The van der Waals surface area contributed by atoms with Crippen LogP contribution in [0, 0.1) is 11.8 Å². The molecule has 1 rings (SSSR count). The topological polar surface area (TPSA) is 41.6 Å². The van der Waals surface area contributed by atoms with Gasteiger partial charge in [0.2, 0.25) is 0 Å². The van der Waals surface area contributed by atoms with E-state index < -0.39 is 0 Å². The quantitative estimate of drug-likeness (QED) is 0.743. The number of likely N-dealkylation sites (tertiary alicyclic amines) is 1. The number of rotatable bonds is 5. The van der Waals surface area contributed by atoms with Crippen LogP contribution >= 0.6 is 0 Å². The zero-order valence-electron chi connectivity index (χ0n) is 11.7. The van der Waals surface area contributed by atoms with E-state index in [0.29, 0.717) is 6.04 Å². The lowest BCUT2D eigenvalue weighted by molar-refractivity contribution is -0.116. The second kappa shape index (κ2) is 8.12. The van der Waals surface area contributed by atoms with Crippen LogP contribution in [0.15, 0.2) is 0 Å². The summed E-state index contributed by atoms with van der Waals surface area (Å²) in [5, 5.41) is 2.75. The number of hydrogen-bond acceptors (Lipinski definition) is 3. The van der Waals surface area contributed by atoms with Gasteiger partial charge in [-0.25, -0.2) is 0 Å². The summed E-state index contributed by atoms with van der Waals surface area (Å²) in [5.41, 5.74) is 0. The van der Waals surface area contributed by atoms with E-state index in [-0.39, 0.29) is 11.9 Å². The van der Waals surface area contributed by atoms with E-state index in [1.807, 2.05) is 13.8 Å². The van der Waals surface area contributed by atoms with Crippen LogP contribution < -0.4 is 5.32 Å². The van der Waals surface area contributed by atoms with Crippen molar-refractivity contribution in [2.24, 2.45) is 0 Å². The van der Waals surface area contributed by atoms with Crippen molar-refractivity contribution in [2.75, 3.05) is 26.8 Å². The third-order valence-electron chi connectivity index (χ3n) is 3.00. The largest absolute Gasteiger partial charge is 0.383 e. The number of hydrogen-bond donors (Lipinski definition) is 1. The highest BCUT2D eigenvalue weighted by molar-refractivity contribution is 5.93. The van der Waals surface area contributed by atoms with Crippen LogP contribution in [0.5, 0.6) is 0 Å². The van der Waals surface area contributed by atoms with Gasteiger partial charge in [0.1, 0.15) is 0 Å². The highest BCUT2D eigenvalue weighted by atomic mass is 16.5. The molecule has 1 fully saturated rings. The molecule has 0 aliphatic carbocycles. The second-order valence-electron chi connectivity index (χ2n) is 4.97. The van der Waals surface area contributed by atoms with Crippen LogP contribution in [0.2, 0.25) is 0 Å². The maximum absolute atomic E-state index is 11.3. The first kappa shape index (κ1) is 15.0. The van der Waals surface area contributed by atoms with Crippen LogP contribution in [-0.2, 0) is 9.53 Å². The molecule has 4 heteroatoms. The van der Waals surface area contributed by atoms with E-state index in [0.717, 1.165) is 26.1 Å². The summed E-state index contributed by atoms with van der Waals surface area (Å²) in [5.74, 6) is 5.38. The minimum absolute atomic E-state index is 0.150. The van der Waals surface area contributed by atoms with Crippen LogP contribution in [0.1, 0.15) is 33.1 Å². The molecule has 1 saturated heterocycles. The van der Waals surface area contributed by atoms with E-state index in [9.17, 15) is 4.79 Å². The average Bonchev–Trinajstić information content (AvgIpc) is 2.72. The Morgan fingerprint density at radius 1 is 1.56 bits per heavy atom. The van der Waals surface area contributed by atoms with E-state index in [2.05, 4.69) is 22.1 Å². The van der Waals surface area contributed by atoms with Crippen molar-refractivity contribution in [1.82, 2.24) is 10.2 Å². The molecule has 0 radical (unpaired) electrons. The molecule has 0 bridgehead atoms. The summed E-state index contributed by atoms with van der Waals surface area (Å²) in [6.07, 6.45) is 3.18. The number of nitrogens with one attached hydrogen (secondary N) is 1. The van der Waals surface area contributed by atoms with E-state index >= 15 is 0 Å². The minimum atomic E-state index is -0.181. The van der Waals surface area contributed by atoms with Gasteiger partial charge < -0.3 is 10.1 Å². The fourth-order valence-corrected chi connectivity index (χ4v) is 2.21. The first-order valence-corrected chi connectivity index (χ1v) is 6.66. The molecule has 0 aromatic heterocycles. The Kier molecular flexibility index (Phi) is 6.77. The molecule has 1 atom stereocenters. The number of carbonyl (C=O) groups is 1. The molecule has 0 saturated carbocycles. The van der Waals surface area contributed by atoms with Crippen molar-refractivity contribution in [1.29, 1.82) is 0 Å². The summed E-state index contributed by atoms with van der Waals surface area (Å²) >= 11 is 0. The number of ether oxygens (including phenoxy) is 1. The molecule has 1 heterocycles. The standard InChI is InChI=1S/C14H24N2O2/c1-12(2)15-14(17)8-4-5-9-16-10-6-7-13(16)11-18-3/h12-13H,5-7,9-11H2,1-3H3,(H,15,17). The van der Waals surface area contributed by atoms with Crippen LogP contribution in [0.25, 0.3) is 0 Å². The molecule has 1 amide bonds. The number of amides is 1. The molecule has 1 aliphatic rings. The molecule has 102 valence electrons. The Balaban J connectivity index is 2.24. The number of methoxy groups -OCH3 is 1. The Hall–Kier alpha value is -1.05. The highest BCUT2D eigenvalue weighted by Crippen LogP contribution is 2.17. The molecule has 0 spiro atoms. The van der Waals surface area contributed by atoms with Gasteiger partial charge in [0.25, 0.3) is 5.91 Å². The van der Waals surface area contributed by atoms with Crippen molar-refractivity contribution in [2.45, 2.75) is 45.2 Å². The van der Waals surface area contributed by atoms with Gasteiger partial charge in [-0.05, 0) is 39.2 Å². The minimum Gasteiger partial charge on any atom is -0.383 e. The summed E-state index contributed by atoms with van der Waals surface area (Å²) in [7, 11) is 1.74. The van der Waals surface area contributed by atoms with Gasteiger partial charge in [-0.1, -0.05) is 5.92 Å². The zero-order chi connectivity index (χ0) is 13.4. The third-order valence-corrected chi connectivity index (χ3v) is 3.00. The molecular formula is C14H24N2O2. The molecule has 0 aromatic rings. The normalized spacial score (nSPS) is 19.7. The van der Waals surface area contributed by atoms with Crippen molar-refractivity contribution in [3.05, 3.63) is 0 Å². The summed E-state index contributed by atoms with van der Waals surface area (Å²) in [4.78, 5) is 13.7. The van der Waals surface area contributed by atoms with Crippen LogP contribution in [0.3, 0.4) is 0 Å². The van der Waals surface area contributed by atoms with Crippen molar-refractivity contribution in [3.8, 4) is 11.8 Å². The number of nitrogens with zero attached hydrogens (tertiary/aromatic N) is 1. The van der Waals surface area contributed by atoms with Gasteiger partial charge in [0.15, 0.2) is 0 Å². The van der Waals surface area contributed by atoms with Crippen molar-refractivity contribution in [3.63, 3.8) is 0 Å². The lowest BCUT2D eigenvalue weighted by Crippen LogP contribution is -2.33. The van der Waals surface area contributed by atoms with E-state index in [1.54, 1.807) is 7.11 Å². The first-order chi connectivity index (χ1) is 8.63. The smallest absolute Gasteiger partial charge is 0.296 e. The highest BCUT2D eigenvalue weighted by Gasteiger charge is 2.23. The van der Waals surface area contributed by atoms with Gasteiger partial charge in [-0.2, -0.15) is 0 Å². The zero-order valence-corrected chi connectivity index (χ0v) is 11.7. The SMILES string of the molecule is COCC1CCCN1CCC#CC(=O)NC(C)C. The first-order valence-electron chi connectivity index (χ1n) is 6.66. The summed E-state index contributed by atoms with van der Waals surface area (Å²) < 4.78 is 5.20. The van der Waals surface area contributed by atoms with E-state index in [1.165, 1.54) is 12.8 Å². The van der Waals surface area contributed by atoms with Crippen LogP contribution in [0.4, 0.5) is 0 Å². The lowest BCUT2D eigenvalue weighted by Gasteiger charge is -2.22. The molecular weight excluding hydrogens is 228 g/mol. The molecule has 1 aliphatic heterocycles. The van der Waals surface area contributed by atoms with Gasteiger partial charge in [0.05, 0.1) is 6.61 Å². The monoisotopic (exact) mass is 252 g/mol. The Morgan fingerprint density at radius 2 is 2.33 bits per heavy atom. The maximum Gasteiger partial charge on any atom is 0.296 e. The number of carbonyl (C=O) groups excluding carboxylic acids is 1. The van der Waals surface area contributed by atoms with Crippen molar-refractivity contribution < 1.29 is 9.53 Å². The fraction of sp³-hybridized carbons (Fsp3) is 0.786. The lowest BCUT2D eigenvalue weighted by atomic mass is 10.2. The molecule has 1 N–H and O–H groups in total. The Bertz CT molecular complexity index is 317. The van der Waals surface area contributed by atoms with Gasteiger partial charge >= 0.3 is 0 Å². The molecule has 0 aromatic carbocycles. The van der Waals surface area contributed by atoms with Gasteiger partial charge in [0, 0.05) is 32.2 Å². The van der Waals surface area contributed by atoms with Gasteiger partial charge in [-0.3, -0.25) is 9.69 Å². The molecule has 4 nitrogen and oxygen atoms in total. The molecule has 18 heavy (non-hydrogen) atoms.